The number of carbonyl (C=O) groups is 1. The van der Waals surface area contributed by atoms with Crippen molar-refractivity contribution in [2.75, 3.05) is 25.4 Å². The van der Waals surface area contributed by atoms with Crippen molar-refractivity contribution in [3.8, 4) is 11.5 Å². The van der Waals surface area contributed by atoms with Gasteiger partial charge in [0.1, 0.15) is 6.26 Å². The molecule has 0 saturated heterocycles. The number of amides is 1. The first-order valence-corrected chi connectivity index (χ1v) is 9.00. The zero-order valence-electron chi connectivity index (χ0n) is 13.4. The van der Waals surface area contributed by atoms with Crippen LogP contribution in [0.15, 0.2) is 41.0 Å². The SMILES string of the molecule is CCCNCCNC(=O)CSCc1coc(-c2ccccc2)n1. The van der Waals surface area contributed by atoms with Crippen LogP contribution in [0.1, 0.15) is 19.0 Å². The summed E-state index contributed by atoms with van der Waals surface area (Å²) in [4.78, 5) is 16.1. The summed E-state index contributed by atoms with van der Waals surface area (Å²) in [7, 11) is 0. The lowest BCUT2D eigenvalue weighted by Gasteiger charge is -2.05. The van der Waals surface area contributed by atoms with Crippen molar-refractivity contribution < 1.29 is 9.21 Å². The fourth-order valence-electron chi connectivity index (χ4n) is 1.98. The Labute approximate surface area is 141 Å². The summed E-state index contributed by atoms with van der Waals surface area (Å²) in [5.41, 5.74) is 1.81. The van der Waals surface area contributed by atoms with E-state index in [1.807, 2.05) is 30.3 Å². The first kappa shape index (κ1) is 17.6. The van der Waals surface area contributed by atoms with Gasteiger partial charge in [-0.3, -0.25) is 4.79 Å². The number of thioether (sulfide) groups is 1. The van der Waals surface area contributed by atoms with Gasteiger partial charge in [-0.25, -0.2) is 4.98 Å². The molecular formula is C17H23N3O2S. The summed E-state index contributed by atoms with van der Waals surface area (Å²) in [5, 5.41) is 6.14. The Morgan fingerprint density at radius 3 is 2.83 bits per heavy atom. The molecule has 0 atom stereocenters. The average Bonchev–Trinajstić information content (AvgIpc) is 3.04. The standard InChI is InChI=1S/C17H23N3O2S/c1-2-8-18-9-10-19-16(21)13-23-12-15-11-22-17(20-15)14-6-4-3-5-7-14/h3-7,11,18H,2,8-10,12-13H2,1H3,(H,19,21). The summed E-state index contributed by atoms with van der Waals surface area (Å²) < 4.78 is 5.48. The second-order valence-electron chi connectivity index (χ2n) is 5.10. The molecule has 5 nitrogen and oxygen atoms in total. The molecule has 0 aliphatic carbocycles. The highest BCUT2D eigenvalue weighted by atomic mass is 32.2. The van der Waals surface area contributed by atoms with Crippen molar-refractivity contribution >= 4 is 17.7 Å². The average molecular weight is 333 g/mol. The lowest BCUT2D eigenvalue weighted by atomic mass is 10.2. The van der Waals surface area contributed by atoms with Crippen molar-refractivity contribution in [3.63, 3.8) is 0 Å². The van der Waals surface area contributed by atoms with Gasteiger partial charge in [0, 0.05) is 24.4 Å². The van der Waals surface area contributed by atoms with E-state index in [-0.39, 0.29) is 5.91 Å². The van der Waals surface area contributed by atoms with Crippen LogP contribution in [0, 0.1) is 0 Å². The molecule has 0 fully saturated rings. The van der Waals surface area contributed by atoms with Gasteiger partial charge in [0.25, 0.3) is 0 Å². The quantitative estimate of drug-likeness (QED) is 0.654. The van der Waals surface area contributed by atoms with Crippen LogP contribution in [-0.4, -0.2) is 36.3 Å². The predicted octanol–water partition coefficient (Wildman–Crippen LogP) is 2.69. The third kappa shape index (κ3) is 6.46. The van der Waals surface area contributed by atoms with E-state index in [2.05, 4.69) is 22.5 Å². The smallest absolute Gasteiger partial charge is 0.230 e. The van der Waals surface area contributed by atoms with Gasteiger partial charge in [-0.1, -0.05) is 25.1 Å². The first-order chi connectivity index (χ1) is 11.3. The minimum absolute atomic E-state index is 0.0556. The fraction of sp³-hybridized carbons (Fsp3) is 0.412. The molecule has 2 rings (SSSR count). The van der Waals surface area contributed by atoms with Crippen molar-refractivity contribution in [1.29, 1.82) is 0 Å². The Hall–Kier alpha value is -1.79. The Morgan fingerprint density at radius 2 is 2.04 bits per heavy atom. The summed E-state index contributed by atoms with van der Waals surface area (Å²) in [5.74, 6) is 1.77. The normalized spacial score (nSPS) is 10.7. The van der Waals surface area contributed by atoms with Crippen molar-refractivity contribution in [1.82, 2.24) is 15.6 Å². The Balaban J connectivity index is 1.65. The largest absolute Gasteiger partial charge is 0.444 e. The molecule has 2 N–H and O–H groups in total. The number of hydrogen-bond donors (Lipinski definition) is 2. The molecule has 0 bridgehead atoms. The number of rotatable bonds is 10. The number of carbonyl (C=O) groups excluding carboxylic acids is 1. The molecule has 0 radical (unpaired) electrons. The van der Waals surface area contributed by atoms with Crippen LogP contribution >= 0.6 is 11.8 Å². The van der Waals surface area contributed by atoms with Crippen LogP contribution in [0.5, 0.6) is 0 Å². The van der Waals surface area contributed by atoms with E-state index in [0.29, 0.717) is 23.9 Å². The Morgan fingerprint density at radius 1 is 1.22 bits per heavy atom. The number of benzene rings is 1. The van der Waals surface area contributed by atoms with Gasteiger partial charge in [-0.15, -0.1) is 11.8 Å². The number of aromatic nitrogens is 1. The van der Waals surface area contributed by atoms with E-state index in [4.69, 9.17) is 4.42 Å². The highest BCUT2D eigenvalue weighted by Crippen LogP contribution is 2.20. The van der Waals surface area contributed by atoms with E-state index in [1.165, 1.54) is 11.8 Å². The summed E-state index contributed by atoms with van der Waals surface area (Å²) in [6.07, 6.45) is 2.76. The van der Waals surface area contributed by atoms with Gasteiger partial charge in [-0.05, 0) is 25.1 Å². The lowest BCUT2D eigenvalue weighted by Crippen LogP contribution is -2.33. The molecule has 2 aromatic rings. The molecule has 0 spiro atoms. The second-order valence-corrected chi connectivity index (χ2v) is 6.09. The van der Waals surface area contributed by atoms with Crippen molar-refractivity contribution in [3.05, 3.63) is 42.3 Å². The van der Waals surface area contributed by atoms with Gasteiger partial charge in [0.15, 0.2) is 0 Å². The molecule has 1 heterocycles. The minimum atomic E-state index is 0.0556. The van der Waals surface area contributed by atoms with Gasteiger partial charge < -0.3 is 15.1 Å². The number of oxazole rings is 1. The van der Waals surface area contributed by atoms with Gasteiger partial charge in [0.2, 0.25) is 11.8 Å². The summed E-state index contributed by atoms with van der Waals surface area (Å²) >= 11 is 1.54. The van der Waals surface area contributed by atoms with Gasteiger partial charge >= 0.3 is 0 Å². The molecule has 0 unspecified atom stereocenters. The molecule has 0 aliphatic heterocycles. The lowest BCUT2D eigenvalue weighted by molar-refractivity contribution is -0.118. The molecule has 1 amide bonds. The Bertz CT molecular complexity index is 587. The molecule has 124 valence electrons. The molecule has 1 aromatic heterocycles. The number of nitrogens with zero attached hydrogens (tertiary/aromatic N) is 1. The van der Waals surface area contributed by atoms with Crippen molar-refractivity contribution in [2.45, 2.75) is 19.1 Å². The zero-order valence-corrected chi connectivity index (χ0v) is 14.2. The fourth-order valence-corrected chi connectivity index (χ4v) is 2.71. The molecule has 0 saturated carbocycles. The molecule has 6 heteroatoms. The van der Waals surface area contributed by atoms with E-state index < -0.39 is 0 Å². The third-order valence-corrected chi connectivity index (χ3v) is 4.07. The van der Waals surface area contributed by atoms with Gasteiger partial charge in [0.05, 0.1) is 11.4 Å². The van der Waals surface area contributed by atoms with E-state index in [0.717, 1.165) is 30.8 Å². The maximum Gasteiger partial charge on any atom is 0.230 e. The third-order valence-electron chi connectivity index (χ3n) is 3.11. The molecule has 1 aromatic carbocycles. The van der Waals surface area contributed by atoms with E-state index in [9.17, 15) is 4.79 Å². The van der Waals surface area contributed by atoms with Gasteiger partial charge in [-0.2, -0.15) is 0 Å². The second kappa shape index (κ2) is 10.1. The predicted molar refractivity (Wildman–Crippen MR) is 94.3 cm³/mol. The van der Waals surface area contributed by atoms with Crippen LogP contribution in [0.4, 0.5) is 0 Å². The van der Waals surface area contributed by atoms with Crippen LogP contribution in [0.25, 0.3) is 11.5 Å². The maximum absolute atomic E-state index is 11.7. The zero-order chi connectivity index (χ0) is 16.3. The van der Waals surface area contributed by atoms with E-state index >= 15 is 0 Å². The van der Waals surface area contributed by atoms with Crippen LogP contribution in [-0.2, 0) is 10.5 Å². The van der Waals surface area contributed by atoms with Crippen LogP contribution < -0.4 is 10.6 Å². The number of nitrogens with one attached hydrogen (secondary N) is 2. The van der Waals surface area contributed by atoms with Crippen LogP contribution in [0.2, 0.25) is 0 Å². The maximum atomic E-state index is 11.7. The summed E-state index contributed by atoms with van der Waals surface area (Å²) in [6.45, 7) is 4.59. The van der Waals surface area contributed by atoms with Crippen LogP contribution in [0.3, 0.4) is 0 Å². The minimum Gasteiger partial charge on any atom is -0.444 e. The topological polar surface area (TPSA) is 67.2 Å². The molecule has 0 aliphatic rings. The van der Waals surface area contributed by atoms with Crippen molar-refractivity contribution in [2.24, 2.45) is 0 Å². The molecule has 23 heavy (non-hydrogen) atoms. The molecular weight excluding hydrogens is 310 g/mol. The highest BCUT2D eigenvalue weighted by Gasteiger charge is 2.07. The highest BCUT2D eigenvalue weighted by molar-refractivity contribution is 7.99. The number of hydrogen-bond acceptors (Lipinski definition) is 5. The monoisotopic (exact) mass is 333 g/mol. The Kier molecular flexibility index (Phi) is 7.69. The van der Waals surface area contributed by atoms with E-state index in [1.54, 1.807) is 6.26 Å². The summed E-state index contributed by atoms with van der Waals surface area (Å²) in [6, 6.07) is 9.78. The first-order valence-electron chi connectivity index (χ1n) is 7.84.